The fraction of sp³-hybridized carbons (Fsp3) is 0. The quantitative estimate of drug-likeness (QED) is 0.197. The number of fused-ring (bicyclic) bond motifs is 5. The van der Waals surface area contributed by atoms with E-state index in [4.69, 9.17) is 9.97 Å². The first kappa shape index (κ1) is 25.4. The van der Waals surface area contributed by atoms with E-state index in [1.165, 1.54) is 0 Å². The predicted octanol–water partition coefficient (Wildman–Crippen LogP) is 8.01. The van der Waals surface area contributed by atoms with E-state index in [-0.39, 0.29) is 0 Å². The number of aromatic nitrogens is 3. The monoisotopic (exact) mass is 571 g/mol. The highest BCUT2D eigenvalue weighted by Gasteiger charge is 2.29. The summed E-state index contributed by atoms with van der Waals surface area (Å²) in [6.45, 7) is 0. The van der Waals surface area contributed by atoms with Gasteiger partial charge in [-0.1, -0.05) is 133 Å². The van der Waals surface area contributed by atoms with Gasteiger partial charge in [0.2, 0.25) is 0 Å². The molecule has 204 valence electrons. The molecule has 4 nitrogen and oxygen atoms in total. The Morgan fingerprint density at radius 2 is 1.02 bits per heavy atom. The Morgan fingerprint density at radius 3 is 1.70 bits per heavy atom. The maximum Gasteiger partial charge on any atom is 0.171 e. The summed E-state index contributed by atoms with van der Waals surface area (Å²) in [4.78, 5) is 10.1. The Hall–Kier alpha value is -5.31. The number of imidazole rings is 1. The van der Waals surface area contributed by atoms with Crippen LogP contribution < -0.4 is 15.9 Å². The van der Waals surface area contributed by atoms with Gasteiger partial charge in [-0.3, -0.25) is 4.40 Å². The van der Waals surface area contributed by atoms with Crippen molar-refractivity contribution in [3.8, 4) is 22.4 Å². The summed E-state index contributed by atoms with van der Waals surface area (Å²) in [6.07, 6.45) is 2.05. The summed E-state index contributed by atoms with van der Waals surface area (Å²) in [6, 6.07) is 50.5. The van der Waals surface area contributed by atoms with Gasteiger partial charge in [0.1, 0.15) is 11.2 Å². The lowest BCUT2D eigenvalue weighted by molar-refractivity contribution is 0.592. The molecule has 0 aliphatic rings. The van der Waals surface area contributed by atoms with E-state index in [1.807, 2.05) is 115 Å². The predicted molar refractivity (Wildman–Crippen MR) is 178 cm³/mol. The summed E-state index contributed by atoms with van der Waals surface area (Å²) in [5.41, 5.74) is 7.86. The Labute approximate surface area is 249 Å². The maximum absolute atomic E-state index is 14.7. The maximum atomic E-state index is 14.7. The zero-order chi connectivity index (χ0) is 28.8. The molecule has 0 fully saturated rings. The lowest BCUT2D eigenvalue weighted by atomic mass is 10.0. The minimum atomic E-state index is -3.01. The third-order valence-electron chi connectivity index (χ3n) is 8.11. The first-order chi connectivity index (χ1) is 21.2. The van der Waals surface area contributed by atoms with Crippen LogP contribution in [0.1, 0.15) is 0 Å². The van der Waals surface area contributed by atoms with Gasteiger partial charge >= 0.3 is 0 Å². The smallest absolute Gasteiger partial charge is 0.171 e. The molecule has 0 spiro atoms. The molecule has 0 aliphatic heterocycles. The van der Waals surface area contributed by atoms with Crippen molar-refractivity contribution in [3.63, 3.8) is 0 Å². The lowest BCUT2D eigenvalue weighted by Crippen LogP contribution is -2.24. The third kappa shape index (κ3) is 4.19. The van der Waals surface area contributed by atoms with Gasteiger partial charge in [0.15, 0.2) is 7.14 Å². The molecule has 0 radical (unpaired) electrons. The number of benzene rings is 5. The molecule has 8 rings (SSSR count). The molecule has 0 saturated carbocycles. The van der Waals surface area contributed by atoms with Gasteiger partial charge in [-0.2, -0.15) is 0 Å². The standard InChI is InChI=1S/C38H26N3OP/c42-43(30-11-3-1-4-12-30,31-13-5-2-6-14-31)32-24-22-28(23-25-32)27-18-20-29(21-19-27)36-38-37(33-15-7-8-16-34(33)39-36)40-35-17-9-10-26-41(35)38/h1-26H. The normalized spacial score (nSPS) is 11.8. The molecule has 0 amide bonds. The van der Waals surface area contributed by atoms with E-state index in [9.17, 15) is 4.57 Å². The van der Waals surface area contributed by atoms with Crippen LogP contribution in [0.4, 0.5) is 0 Å². The van der Waals surface area contributed by atoms with Crippen molar-refractivity contribution in [3.05, 3.63) is 158 Å². The van der Waals surface area contributed by atoms with E-state index in [0.717, 1.165) is 65.9 Å². The van der Waals surface area contributed by atoms with Gasteiger partial charge < -0.3 is 4.57 Å². The average Bonchev–Trinajstić information content (AvgIpc) is 3.49. The third-order valence-corrected chi connectivity index (χ3v) is 11.2. The van der Waals surface area contributed by atoms with Crippen LogP contribution in [0.15, 0.2) is 158 Å². The summed E-state index contributed by atoms with van der Waals surface area (Å²) in [7, 11) is -3.01. The number of nitrogens with zero attached hydrogens (tertiary/aromatic N) is 3. The summed E-state index contributed by atoms with van der Waals surface area (Å²) < 4.78 is 16.8. The van der Waals surface area contributed by atoms with Crippen molar-refractivity contribution in [2.45, 2.75) is 0 Å². The molecule has 5 aromatic carbocycles. The van der Waals surface area contributed by atoms with E-state index < -0.39 is 7.14 Å². The average molecular weight is 572 g/mol. The summed E-state index contributed by atoms with van der Waals surface area (Å²) in [5, 5.41) is 3.53. The first-order valence-corrected chi connectivity index (χ1v) is 16.0. The number of pyridine rings is 2. The second-order valence-electron chi connectivity index (χ2n) is 10.6. The zero-order valence-electron chi connectivity index (χ0n) is 23.2. The molecule has 3 aromatic heterocycles. The van der Waals surface area contributed by atoms with Gasteiger partial charge in [0.25, 0.3) is 0 Å². The van der Waals surface area contributed by atoms with Crippen molar-refractivity contribution in [2.75, 3.05) is 0 Å². The first-order valence-electron chi connectivity index (χ1n) is 14.3. The van der Waals surface area contributed by atoms with E-state index in [1.54, 1.807) is 0 Å². The van der Waals surface area contributed by atoms with Gasteiger partial charge in [0.05, 0.1) is 16.7 Å². The highest BCUT2D eigenvalue weighted by atomic mass is 31.2. The van der Waals surface area contributed by atoms with Crippen molar-refractivity contribution in [1.29, 1.82) is 0 Å². The molecule has 0 bridgehead atoms. The highest BCUT2D eigenvalue weighted by molar-refractivity contribution is 7.85. The largest absolute Gasteiger partial charge is 0.309 e. The number of para-hydroxylation sites is 1. The van der Waals surface area contributed by atoms with Crippen LogP contribution in [0, 0.1) is 0 Å². The molecule has 0 aliphatic carbocycles. The zero-order valence-corrected chi connectivity index (χ0v) is 24.1. The minimum absolute atomic E-state index is 0.820. The van der Waals surface area contributed by atoms with Crippen molar-refractivity contribution < 1.29 is 4.57 Å². The van der Waals surface area contributed by atoms with Crippen LogP contribution in [0.5, 0.6) is 0 Å². The molecular formula is C38H26N3OP. The Balaban J connectivity index is 1.20. The molecule has 0 saturated heterocycles. The molecule has 0 atom stereocenters. The van der Waals surface area contributed by atoms with Crippen LogP contribution in [0.25, 0.3) is 50.0 Å². The van der Waals surface area contributed by atoms with Crippen molar-refractivity contribution in [1.82, 2.24) is 14.4 Å². The number of rotatable bonds is 5. The van der Waals surface area contributed by atoms with Gasteiger partial charge in [-0.05, 0) is 29.3 Å². The Morgan fingerprint density at radius 1 is 0.488 bits per heavy atom. The second-order valence-corrected chi connectivity index (χ2v) is 13.4. The summed E-state index contributed by atoms with van der Waals surface area (Å²) >= 11 is 0. The summed E-state index contributed by atoms with van der Waals surface area (Å²) in [5.74, 6) is 0. The van der Waals surface area contributed by atoms with Crippen LogP contribution in [0.2, 0.25) is 0 Å². The number of hydrogen-bond acceptors (Lipinski definition) is 3. The molecule has 3 heterocycles. The molecule has 43 heavy (non-hydrogen) atoms. The van der Waals surface area contributed by atoms with Gasteiger partial charge in [-0.15, -0.1) is 0 Å². The van der Waals surface area contributed by atoms with E-state index in [2.05, 4.69) is 46.9 Å². The van der Waals surface area contributed by atoms with Crippen molar-refractivity contribution in [2.24, 2.45) is 0 Å². The SMILES string of the molecule is O=P(c1ccccc1)(c1ccccc1)c1ccc(-c2ccc(-c3nc4ccccc4c4nc5ccccn5c34)cc2)cc1. The van der Waals surface area contributed by atoms with Crippen LogP contribution in [-0.4, -0.2) is 14.4 Å². The van der Waals surface area contributed by atoms with Crippen LogP contribution >= 0.6 is 7.14 Å². The molecule has 0 unspecified atom stereocenters. The van der Waals surface area contributed by atoms with Gasteiger partial charge in [0, 0.05) is 33.1 Å². The topological polar surface area (TPSA) is 47.3 Å². The van der Waals surface area contributed by atoms with Crippen LogP contribution in [0.3, 0.4) is 0 Å². The highest BCUT2D eigenvalue weighted by Crippen LogP contribution is 2.42. The lowest BCUT2D eigenvalue weighted by Gasteiger charge is -2.20. The van der Waals surface area contributed by atoms with Gasteiger partial charge in [-0.25, -0.2) is 9.97 Å². The molecule has 8 aromatic rings. The second kappa shape index (κ2) is 10.2. The molecule has 0 N–H and O–H groups in total. The van der Waals surface area contributed by atoms with Crippen LogP contribution in [-0.2, 0) is 4.57 Å². The van der Waals surface area contributed by atoms with E-state index >= 15 is 0 Å². The fourth-order valence-corrected chi connectivity index (χ4v) is 8.61. The Kier molecular flexibility index (Phi) is 6.03. The van der Waals surface area contributed by atoms with E-state index in [0.29, 0.717) is 0 Å². The molecular weight excluding hydrogens is 545 g/mol. The number of hydrogen-bond donors (Lipinski definition) is 0. The minimum Gasteiger partial charge on any atom is -0.309 e. The molecule has 5 heteroatoms. The Bertz CT molecular complexity index is 2250. The van der Waals surface area contributed by atoms with Crippen molar-refractivity contribution >= 4 is 50.6 Å². The fourth-order valence-electron chi connectivity index (χ4n) is 5.96.